The molecule has 0 spiro atoms. The topological polar surface area (TPSA) is 52.9 Å². The molecule has 0 saturated carbocycles. The summed E-state index contributed by atoms with van der Waals surface area (Å²) in [5, 5.41) is 11.9. The van der Waals surface area contributed by atoms with Gasteiger partial charge in [0.1, 0.15) is 0 Å². The summed E-state index contributed by atoms with van der Waals surface area (Å²) in [6.07, 6.45) is 0. The van der Waals surface area contributed by atoms with Gasteiger partial charge in [0.2, 0.25) is 0 Å². The van der Waals surface area contributed by atoms with Crippen LogP contribution in [-0.2, 0) is 10.9 Å². The molecule has 4 aromatic rings. The zero-order valence-electron chi connectivity index (χ0n) is 16.5. The minimum Gasteiger partial charge on any atom is -0.321 e. The fourth-order valence-electron chi connectivity index (χ4n) is 3.14. The summed E-state index contributed by atoms with van der Waals surface area (Å²) < 4.78 is 0.830. The summed E-state index contributed by atoms with van der Waals surface area (Å²) in [5.74, 6) is -0.173. The van der Waals surface area contributed by atoms with Gasteiger partial charge in [0, 0.05) is 9.13 Å². The Balaban J connectivity index is 1.60. The molecule has 0 unspecified atom stereocenters. The number of benzene rings is 4. The maximum atomic E-state index is 12.8. The Hall–Kier alpha value is -3.08. The summed E-state index contributed by atoms with van der Waals surface area (Å²) in [4.78, 5) is 16.4. The Morgan fingerprint density at radius 3 is 1.84 bits per heavy atom. The Morgan fingerprint density at radius 1 is 0.774 bits per heavy atom. The number of nitrogens with one attached hydrogen (secondary N) is 1. The zero-order chi connectivity index (χ0) is 21.6. The van der Waals surface area contributed by atoms with Crippen molar-refractivity contribution in [2.75, 3.05) is 5.32 Å². The molecule has 0 heterocycles. The predicted molar refractivity (Wildman–Crippen MR) is 133 cm³/mol. The van der Waals surface area contributed by atoms with Gasteiger partial charge in [-0.2, -0.15) is 5.26 Å². The Morgan fingerprint density at radius 2 is 1.32 bits per heavy atom. The maximum Gasteiger partial charge on any atom is 0.255 e. The van der Waals surface area contributed by atoms with Crippen LogP contribution in [0.3, 0.4) is 0 Å². The highest BCUT2D eigenvalue weighted by Crippen LogP contribution is 2.31. The van der Waals surface area contributed by atoms with E-state index in [1.807, 2.05) is 36.4 Å². The first-order chi connectivity index (χ1) is 15.2. The molecule has 0 atom stereocenters. The summed E-state index contributed by atoms with van der Waals surface area (Å²) in [6.45, 7) is 0. The third-order valence-corrected chi connectivity index (χ3v) is 7.78. The molecule has 0 bridgehead atoms. The predicted octanol–water partition coefficient (Wildman–Crippen LogP) is 6.51. The quantitative estimate of drug-likeness (QED) is 0.235. The smallest absolute Gasteiger partial charge is 0.255 e. The first-order valence-electron chi connectivity index (χ1n) is 9.61. The van der Waals surface area contributed by atoms with Crippen LogP contribution in [0.1, 0.15) is 15.9 Å². The van der Waals surface area contributed by atoms with E-state index in [1.54, 1.807) is 18.2 Å². The largest absolute Gasteiger partial charge is 0.321 e. The third-order valence-electron chi connectivity index (χ3n) is 4.66. The number of anilines is 1. The van der Waals surface area contributed by atoms with Crippen molar-refractivity contribution in [2.24, 2.45) is 0 Å². The van der Waals surface area contributed by atoms with Gasteiger partial charge in [-0.05, 0) is 89.3 Å². The number of nitriles is 1. The van der Waals surface area contributed by atoms with Gasteiger partial charge in [-0.3, -0.25) is 4.79 Å². The first-order valence-corrected chi connectivity index (χ1v) is 11.9. The molecule has 1 N–H and O–H groups in total. The molecule has 4 aromatic carbocycles. The molecule has 0 radical (unpaired) electrons. The number of halogens is 1. The van der Waals surface area contributed by atoms with Crippen molar-refractivity contribution in [3.8, 4) is 6.07 Å². The highest BCUT2D eigenvalue weighted by Gasteiger charge is 2.28. The van der Waals surface area contributed by atoms with Crippen LogP contribution in [-0.4, -0.2) is 5.91 Å². The number of carbonyl (C=O) groups excluding carboxylic acids is 1. The summed E-state index contributed by atoms with van der Waals surface area (Å²) >= 11 is 2.12. The highest BCUT2D eigenvalue weighted by atomic mass is 127. The van der Waals surface area contributed by atoms with E-state index < -0.39 is 0 Å². The molecule has 0 aliphatic carbocycles. The van der Waals surface area contributed by atoms with Crippen molar-refractivity contribution in [3.05, 3.63) is 118 Å². The van der Waals surface area contributed by atoms with Crippen LogP contribution in [0.25, 0.3) is 0 Å². The fourth-order valence-corrected chi connectivity index (χ4v) is 5.88. The standard InChI is InChI=1S/C26H17IN2OS/c27-24-17-19(18-28)11-16-25(24)29-26(30)20-12-14-23(15-13-20)31(21-7-3-1-4-8-21)22-9-5-2-6-10-22/h1-17H/p+1. The van der Waals surface area contributed by atoms with Gasteiger partial charge in [0.25, 0.3) is 5.91 Å². The van der Waals surface area contributed by atoms with Crippen LogP contribution in [0.5, 0.6) is 0 Å². The second-order valence-corrected chi connectivity index (χ2v) is 9.91. The Kier molecular flexibility index (Phi) is 6.70. The second kappa shape index (κ2) is 9.82. The zero-order valence-corrected chi connectivity index (χ0v) is 19.4. The van der Waals surface area contributed by atoms with E-state index in [9.17, 15) is 4.79 Å². The van der Waals surface area contributed by atoms with Crippen molar-refractivity contribution >= 4 is 45.1 Å². The molecular formula is C26H18IN2OS+. The molecule has 3 nitrogen and oxygen atoms in total. The lowest BCUT2D eigenvalue weighted by atomic mass is 10.2. The van der Waals surface area contributed by atoms with Gasteiger partial charge in [0.15, 0.2) is 14.7 Å². The lowest BCUT2D eigenvalue weighted by Gasteiger charge is -2.10. The monoisotopic (exact) mass is 533 g/mol. The van der Waals surface area contributed by atoms with Gasteiger partial charge >= 0.3 is 0 Å². The molecule has 0 aliphatic rings. The van der Waals surface area contributed by atoms with E-state index in [0.29, 0.717) is 16.8 Å². The van der Waals surface area contributed by atoms with E-state index in [1.165, 1.54) is 9.79 Å². The summed E-state index contributed by atoms with van der Waals surface area (Å²) in [7, 11) is -0.245. The van der Waals surface area contributed by atoms with E-state index >= 15 is 0 Å². The molecular weight excluding hydrogens is 515 g/mol. The lowest BCUT2D eigenvalue weighted by Crippen LogP contribution is -2.13. The summed E-state index contributed by atoms with van der Waals surface area (Å²) in [5.41, 5.74) is 1.86. The SMILES string of the molecule is N#Cc1ccc(NC(=O)c2ccc([S+](c3ccccc3)c3ccccc3)cc2)c(I)c1. The van der Waals surface area contributed by atoms with Crippen LogP contribution < -0.4 is 5.32 Å². The summed E-state index contributed by atoms with van der Waals surface area (Å²) in [6, 6.07) is 35.9. The van der Waals surface area contributed by atoms with Crippen LogP contribution in [0, 0.1) is 14.9 Å². The number of rotatable bonds is 5. The molecule has 0 aromatic heterocycles. The van der Waals surface area contributed by atoms with E-state index in [4.69, 9.17) is 5.26 Å². The molecule has 1 amide bonds. The van der Waals surface area contributed by atoms with Crippen molar-refractivity contribution in [1.82, 2.24) is 0 Å². The third kappa shape index (κ3) is 4.98. The van der Waals surface area contributed by atoms with E-state index in [0.717, 1.165) is 8.47 Å². The molecule has 5 heteroatoms. The van der Waals surface area contributed by atoms with Gasteiger partial charge < -0.3 is 5.32 Å². The highest BCUT2D eigenvalue weighted by molar-refractivity contribution is 14.1. The minimum atomic E-state index is -0.245. The van der Waals surface area contributed by atoms with Gasteiger partial charge in [-0.1, -0.05) is 36.4 Å². The minimum absolute atomic E-state index is 0.173. The number of hydrogen-bond donors (Lipinski definition) is 1. The number of hydrogen-bond acceptors (Lipinski definition) is 2. The normalized spacial score (nSPS) is 10.5. The molecule has 0 saturated heterocycles. The van der Waals surface area contributed by atoms with E-state index in [2.05, 4.69) is 82.5 Å². The fraction of sp³-hybridized carbons (Fsp3) is 0. The van der Waals surface area contributed by atoms with Gasteiger partial charge in [0.05, 0.1) is 28.2 Å². The number of nitrogens with zero attached hydrogens (tertiary/aromatic N) is 1. The van der Waals surface area contributed by atoms with Crippen LogP contribution in [0.15, 0.2) is 118 Å². The van der Waals surface area contributed by atoms with Crippen molar-refractivity contribution < 1.29 is 4.79 Å². The molecule has 150 valence electrons. The Labute approximate surface area is 198 Å². The molecule has 0 fully saturated rings. The van der Waals surface area contributed by atoms with E-state index in [-0.39, 0.29) is 16.8 Å². The van der Waals surface area contributed by atoms with Crippen molar-refractivity contribution in [1.29, 1.82) is 5.26 Å². The van der Waals surface area contributed by atoms with Gasteiger partial charge in [-0.25, -0.2) is 0 Å². The molecule has 0 aliphatic heterocycles. The average molecular weight is 533 g/mol. The molecule has 31 heavy (non-hydrogen) atoms. The maximum absolute atomic E-state index is 12.8. The van der Waals surface area contributed by atoms with Crippen LogP contribution >= 0.6 is 22.6 Å². The Bertz CT molecular complexity index is 1200. The van der Waals surface area contributed by atoms with Gasteiger partial charge in [-0.15, -0.1) is 0 Å². The number of carbonyl (C=O) groups is 1. The lowest BCUT2D eigenvalue weighted by molar-refractivity contribution is 0.102. The average Bonchev–Trinajstić information content (AvgIpc) is 2.82. The van der Waals surface area contributed by atoms with Crippen LogP contribution in [0.2, 0.25) is 0 Å². The van der Waals surface area contributed by atoms with Crippen molar-refractivity contribution in [2.45, 2.75) is 14.7 Å². The first kappa shape index (κ1) is 21.2. The number of amides is 1. The van der Waals surface area contributed by atoms with Crippen LogP contribution in [0.4, 0.5) is 5.69 Å². The van der Waals surface area contributed by atoms with Crippen molar-refractivity contribution in [3.63, 3.8) is 0 Å². The molecule has 4 rings (SSSR count). The second-order valence-electron chi connectivity index (χ2n) is 6.72.